The highest BCUT2D eigenvalue weighted by Crippen LogP contribution is 2.56. The fraction of sp³-hybridized carbons (Fsp3) is 0.632. The molecule has 0 unspecified atom stereocenters. The maximum Gasteiger partial charge on any atom is 0.392 e. The molecule has 2 fully saturated rings. The van der Waals surface area contributed by atoms with E-state index in [0.29, 0.717) is 30.7 Å². The minimum Gasteiger partial charge on any atom is -0.342 e. The van der Waals surface area contributed by atoms with Crippen LogP contribution in [0.5, 0.6) is 0 Å². The number of carbonyl (C=O) groups excluding carboxylic acids is 1. The molecule has 1 atom stereocenters. The Morgan fingerprint density at radius 2 is 1.92 bits per heavy atom. The number of likely N-dealkylation sites (tertiary alicyclic amines) is 1. The molecule has 2 aliphatic rings. The Bertz CT molecular complexity index is 610. The molecule has 1 aromatic rings. The van der Waals surface area contributed by atoms with Gasteiger partial charge in [0, 0.05) is 24.5 Å². The van der Waals surface area contributed by atoms with E-state index >= 15 is 0 Å². The van der Waals surface area contributed by atoms with Crippen LogP contribution in [0.4, 0.5) is 13.2 Å². The van der Waals surface area contributed by atoms with Crippen molar-refractivity contribution in [3.8, 4) is 0 Å². The van der Waals surface area contributed by atoms with Gasteiger partial charge in [-0.3, -0.25) is 4.79 Å². The maximum atomic E-state index is 13.3. The third kappa shape index (κ3) is 4.13. The normalized spacial score (nSPS) is 22.7. The molecule has 0 N–H and O–H groups in total. The molecule has 1 heterocycles. The number of nitrogens with zero attached hydrogens (tertiary/aromatic N) is 1. The van der Waals surface area contributed by atoms with Crippen LogP contribution in [0.15, 0.2) is 24.3 Å². The van der Waals surface area contributed by atoms with E-state index in [4.69, 9.17) is 11.6 Å². The Labute approximate surface area is 151 Å². The lowest BCUT2D eigenvalue weighted by atomic mass is 9.58. The molecule has 138 valence electrons. The molecule has 25 heavy (non-hydrogen) atoms. The van der Waals surface area contributed by atoms with Gasteiger partial charge in [0.05, 0.1) is 5.92 Å². The Hall–Kier alpha value is -1.23. The lowest BCUT2D eigenvalue weighted by Gasteiger charge is -2.54. The van der Waals surface area contributed by atoms with Crippen molar-refractivity contribution in [3.05, 3.63) is 34.9 Å². The predicted molar refractivity (Wildman–Crippen MR) is 91.4 cm³/mol. The first-order valence-electron chi connectivity index (χ1n) is 8.89. The molecule has 1 saturated heterocycles. The van der Waals surface area contributed by atoms with Crippen molar-refractivity contribution in [1.29, 1.82) is 0 Å². The summed E-state index contributed by atoms with van der Waals surface area (Å²) in [5.41, 5.74) is 0.394. The zero-order valence-electron chi connectivity index (χ0n) is 14.1. The molecule has 1 amide bonds. The van der Waals surface area contributed by atoms with E-state index in [-0.39, 0.29) is 25.4 Å². The molecule has 2 nitrogen and oxygen atoms in total. The monoisotopic (exact) mass is 373 g/mol. The standard InChI is InChI=1S/C19H23ClF3NO/c20-15-7-5-14(6-8-15)3-1-4-17(25)24-12-9-16(19(21,22)23)18(13-24)10-2-11-18/h5-8,16H,1-4,9-13H2/t16-/m0/s1. The van der Waals surface area contributed by atoms with Gasteiger partial charge in [0.25, 0.3) is 0 Å². The van der Waals surface area contributed by atoms with E-state index in [9.17, 15) is 18.0 Å². The summed E-state index contributed by atoms with van der Waals surface area (Å²) < 4.78 is 39.9. The van der Waals surface area contributed by atoms with Gasteiger partial charge in [0.1, 0.15) is 0 Å². The van der Waals surface area contributed by atoms with E-state index in [0.717, 1.165) is 18.4 Å². The van der Waals surface area contributed by atoms with Gasteiger partial charge < -0.3 is 4.90 Å². The van der Waals surface area contributed by atoms with Crippen molar-refractivity contribution in [2.75, 3.05) is 13.1 Å². The second-order valence-electron chi connectivity index (χ2n) is 7.39. The number of hydrogen-bond donors (Lipinski definition) is 0. The molecule has 1 aromatic carbocycles. The van der Waals surface area contributed by atoms with Crippen molar-refractivity contribution >= 4 is 17.5 Å². The van der Waals surface area contributed by atoms with E-state index < -0.39 is 17.5 Å². The number of aryl methyl sites for hydroxylation is 1. The number of alkyl halides is 3. The minimum atomic E-state index is -4.15. The molecule has 1 spiro atoms. The number of halogens is 4. The zero-order chi connectivity index (χ0) is 18.1. The zero-order valence-corrected chi connectivity index (χ0v) is 14.9. The first kappa shape index (κ1) is 18.6. The lowest BCUT2D eigenvalue weighted by Crippen LogP contribution is -2.57. The molecule has 1 aliphatic carbocycles. The SMILES string of the molecule is O=C(CCCc1ccc(Cl)cc1)N1CC[C@H](C(F)(F)F)C2(CCC2)C1. The van der Waals surface area contributed by atoms with Gasteiger partial charge in [0.2, 0.25) is 5.91 Å². The molecule has 0 aromatic heterocycles. The van der Waals surface area contributed by atoms with Crippen LogP contribution in [-0.2, 0) is 11.2 Å². The number of rotatable bonds is 4. The molecule has 1 saturated carbocycles. The van der Waals surface area contributed by atoms with E-state index in [1.807, 2.05) is 24.3 Å². The Balaban J connectivity index is 1.52. The van der Waals surface area contributed by atoms with Crippen LogP contribution in [0, 0.1) is 11.3 Å². The van der Waals surface area contributed by atoms with Gasteiger partial charge >= 0.3 is 6.18 Å². The number of carbonyl (C=O) groups is 1. The van der Waals surface area contributed by atoms with Crippen LogP contribution in [0.2, 0.25) is 5.02 Å². The summed E-state index contributed by atoms with van der Waals surface area (Å²) in [6.45, 7) is 0.503. The summed E-state index contributed by atoms with van der Waals surface area (Å²) in [7, 11) is 0. The van der Waals surface area contributed by atoms with Crippen LogP contribution in [0.3, 0.4) is 0 Å². The van der Waals surface area contributed by atoms with Crippen molar-refractivity contribution in [1.82, 2.24) is 4.90 Å². The summed E-state index contributed by atoms with van der Waals surface area (Å²) >= 11 is 5.85. The van der Waals surface area contributed by atoms with Gasteiger partial charge in [0.15, 0.2) is 0 Å². The lowest BCUT2D eigenvalue weighted by molar-refractivity contribution is -0.237. The van der Waals surface area contributed by atoms with Gasteiger partial charge in [-0.25, -0.2) is 0 Å². The van der Waals surface area contributed by atoms with Crippen molar-refractivity contribution in [2.45, 2.75) is 51.1 Å². The summed E-state index contributed by atoms with van der Waals surface area (Å²) in [6.07, 6.45) is -0.228. The van der Waals surface area contributed by atoms with Crippen molar-refractivity contribution < 1.29 is 18.0 Å². The van der Waals surface area contributed by atoms with Crippen molar-refractivity contribution in [3.63, 3.8) is 0 Å². The molecule has 6 heteroatoms. The Morgan fingerprint density at radius 1 is 1.24 bits per heavy atom. The van der Waals surface area contributed by atoms with Crippen LogP contribution in [-0.4, -0.2) is 30.1 Å². The van der Waals surface area contributed by atoms with Gasteiger partial charge in [-0.15, -0.1) is 0 Å². The minimum absolute atomic E-state index is 0.0131. The number of amides is 1. The Kier molecular flexibility index (Phi) is 5.33. The summed E-state index contributed by atoms with van der Waals surface area (Å²) in [5.74, 6) is -1.26. The van der Waals surface area contributed by atoms with Crippen LogP contribution >= 0.6 is 11.6 Å². The average Bonchev–Trinajstić information content (AvgIpc) is 2.53. The second-order valence-corrected chi connectivity index (χ2v) is 7.83. The first-order chi connectivity index (χ1) is 11.8. The number of benzene rings is 1. The summed E-state index contributed by atoms with van der Waals surface area (Å²) in [5, 5.41) is 0.679. The highest BCUT2D eigenvalue weighted by atomic mass is 35.5. The summed E-state index contributed by atoms with van der Waals surface area (Å²) in [4.78, 5) is 14.1. The van der Waals surface area contributed by atoms with Crippen LogP contribution in [0.25, 0.3) is 0 Å². The van der Waals surface area contributed by atoms with Gasteiger partial charge in [-0.1, -0.05) is 30.2 Å². The van der Waals surface area contributed by atoms with Gasteiger partial charge in [-0.2, -0.15) is 13.2 Å². The first-order valence-corrected chi connectivity index (χ1v) is 9.27. The van der Waals surface area contributed by atoms with E-state index in [1.54, 1.807) is 4.90 Å². The fourth-order valence-corrected chi connectivity index (χ4v) is 4.40. The Morgan fingerprint density at radius 3 is 2.48 bits per heavy atom. The van der Waals surface area contributed by atoms with Crippen molar-refractivity contribution in [2.24, 2.45) is 11.3 Å². The number of piperidine rings is 1. The van der Waals surface area contributed by atoms with Crippen LogP contribution < -0.4 is 0 Å². The third-order valence-corrected chi connectivity index (χ3v) is 6.05. The average molecular weight is 374 g/mol. The topological polar surface area (TPSA) is 20.3 Å². The molecule has 0 radical (unpaired) electrons. The third-order valence-electron chi connectivity index (χ3n) is 5.80. The molecule has 3 rings (SSSR count). The molecular formula is C19H23ClF3NO. The molecule has 0 bridgehead atoms. The largest absolute Gasteiger partial charge is 0.392 e. The van der Waals surface area contributed by atoms with Crippen LogP contribution in [0.1, 0.15) is 44.1 Å². The highest BCUT2D eigenvalue weighted by Gasteiger charge is 2.58. The number of hydrogen-bond acceptors (Lipinski definition) is 1. The quantitative estimate of drug-likeness (QED) is 0.706. The maximum absolute atomic E-state index is 13.3. The smallest absolute Gasteiger partial charge is 0.342 e. The van der Waals surface area contributed by atoms with Gasteiger partial charge in [-0.05, 0) is 55.2 Å². The summed E-state index contributed by atoms with van der Waals surface area (Å²) in [6, 6.07) is 7.51. The second kappa shape index (κ2) is 7.18. The fourth-order valence-electron chi connectivity index (χ4n) is 4.27. The molecular weight excluding hydrogens is 351 g/mol. The predicted octanol–water partition coefficient (Wildman–Crippen LogP) is 5.24. The van der Waals surface area contributed by atoms with E-state index in [1.165, 1.54) is 0 Å². The highest BCUT2D eigenvalue weighted by molar-refractivity contribution is 6.30. The van der Waals surface area contributed by atoms with E-state index in [2.05, 4.69) is 0 Å². The molecule has 1 aliphatic heterocycles.